The van der Waals surface area contributed by atoms with Gasteiger partial charge in [-0.15, -0.1) is 0 Å². The minimum absolute atomic E-state index is 0.554. The van der Waals surface area contributed by atoms with Gasteiger partial charge < -0.3 is 9.13 Å². The number of nitriles is 3. The van der Waals surface area contributed by atoms with Gasteiger partial charge in [0.15, 0.2) is 0 Å². The average Bonchev–Trinajstić information content (AvgIpc) is 3.69. The molecular formula is C45H25N5. The Hall–Kier alpha value is -7.39. The molecule has 0 saturated carbocycles. The zero-order valence-corrected chi connectivity index (χ0v) is 26.7. The minimum atomic E-state index is 0.554. The highest BCUT2D eigenvalue weighted by molar-refractivity contribution is 6.11. The fraction of sp³-hybridized carbons (Fsp3) is 0. The molecule has 9 rings (SSSR count). The molecule has 0 amide bonds. The SMILES string of the molecule is N#Cc1ccc2c(c1)c1ccccc1n2-c1ccccc1-c1cccc(-c2cccc(-n3c4ccccc4c4ccc(C#N)cc43)c2C#N)c1. The third kappa shape index (κ3) is 4.31. The molecule has 0 aliphatic rings. The Morgan fingerprint density at radius 2 is 0.900 bits per heavy atom. The fourth-order valence-electron chi connectivity index (χ4n) is 7.45. The van der Waals surface area contributed by atoms with Crippen molar-refractivity contribution in [2.45, 2.75) is 0 Å². The molecule has 50 heavy (non-hydrogen) atoms. The molecular weight excluding hydrogens is 611 g/mol. The summed E-state index contributed by atoms with van der Waals surface area (Å²) in [6.07, 6.45) is 0. The molecule has 230 valence electrons. The normalized spacial score (nSPS) is 11.1. The van der Waals surface area contributed by atoms with Crippen LogP contribution in [0, 0.1) is 34.0 Å². The number of benzene rings is 7. The van der Waals surface area contributed by atoms with Crippen LogP contribution in [0.25, 0.3) is 77.2 Å². The molecule has 5 heteroatoms. The van der Waals surface area contributed by atoms with E-state index in [2.05, 4.69) is 81.9 Å². The van der Waals surface area contributed by atoms with Crippen LogP contribution in [0.2, 0.25) is 0 Å². The first kappa shape index (κ1) is 28.8. The summed E-state index contributed by atoms with van der Waals surface area (Å²) in [6, 6.07) is 57.8. The van der Waals surface area contributed by atoms with E-state index in [4.69, 9.17) is 0 Å². The van der Waals surface area contributed by atoms with Crippen molar-refractivity contribution in [3.05, 3.63) is 168 Å². The molecule has 0 bridgehead atoms. The van der Waals surface area contributed by atoms with Crippen molar-refractivity contribution in [3.63, 3.8) is 0 Å². The van der Waals surface area contributed by atoms with Crippen molar-refractivity contribution in [1.29, 1.82) is 15.8 Å². The van der Waals surface area contributed by atoms with Crippen LogP contribution in [-0.2, 0) is 0 Å². The first-order valence-corrected chi connectivity index (χ1v) is 16.3. The van der Waals surface area contributed by atoms with Crippen LogP contribution in [0.5, 0.6) is 0 Å². The third-order valence-corrected chi connectivity index (χ3v) is 9.63. The van der Waals surface area contributed by atoms with Gasteiger partial charge in [-0.05, 0) is 71.8 Å². The van der Waals surface area contributed by atoms with Crippen LogP contribution < -0.4 is 0 Å². The summed E-state index contributed by atoms with van der Waals surface area (Å²) in [7, 11) is 0. The summed E-state index contributed by atoms with van der Waals surface area (Å²) < 4.78 is 4.37. The summed E-state index contributed by atoms with van der Waals surface area (Å²) in [5.74, 6) is 0. The van der Waals surface area contributed by atoms with Gasteiger partial charge in [0.2, 0.25) is 0 Å². The average molecular weight is 636 g/mol. The van der Waals surface area contributed by atoms with E-state index in [1.54, 1.807) is 0 Å². The molecule has 0 atom stereocenters. The number of hydrogen-bond acceptors (Lipinski definition) is 3. The van der Waals surface area contributed by atoms with E-state index in [1.165, 1.54) is 0 Å². The van der Waals surface area contributed by atoms with Crippen molar-refractivity contribution in [1.82, 2.24) is 9.13 Å². The third-order valence-electron chi connectivity index (χ3n) is 9.63. The summed E-state index contributed by atoms with van der Waals surface area (Å²) >= 11 is 0. The summed E-state index contributed by atoms with van der Waals surface area (Å²) in [4.78, 5) is 0. The molecule has 0 radical (unpaired) electrons. The van der Waals surface area contributed by atoms with E-state index >= 15 is 0 Å². The van der Waals surface area contributed by atoms with Crippen LogP contribution in [0.15, 0.2) is 152 Å². The minimum Gasteiger partial charge on any atom is -0.309 e. The number of nitrogens with zero attached hydrogens (tertiary/aromatic N) is 5. The lowest BCUT2D eigenvalue weighted by Gasteiger charge is -2.16. The van der Waals surface area contributed by atoms with Crippen LogP contribution in [0.4, 0.5) is 0 Å². The highest BCUT2D eigenvalue weighted by Gasteiger charge is 2.20. The van der Waals surface area contributed by atoms with Gasteiger partial charge in [0.1, 0.15) is 6.07 Å². The van der Waals surface area contributed by atoms with E-state index in [9.17, 15) is 15.8 Å². The van der Waals surface area contributed by atoms with Gasteiger partial charge >= 0.3 is 0 Å². The number of aromatic nitrogens is 2. The van der Waals surface area contributed by atoms with Crippen LogP contribution in [0.3, 0.4) is 0 Å². The van der Waals surface area contributed by atoms with Crippen molar-refractivity contribution in [2.75, 3.05) is 0 Å². The van der Waals surface area contributed by atoms with Crippen molar-refractivity contribution in [2.24, 2.45) is 0 Å². The first-order chi connectivity index (χ1) is 24.7. The molecule has 5 nitrogen and oxygen atoms in total. The molecule has 0 unspecified atom stereocenters. The largest absolute Gasteiger partial charge is 0.309 e. The van der Waals surface area contributed by atoms with Gasteiger partial charge in [-0.3, -0.25) is 0 Å². The zero-order valence-electron chi connectivity index (χ0n) is 26.7. The molecule has 7 aromatic carbocycles. The first-order valence-electron chi connectivity index (χ1n) is 16.3. The Bertz CT molecular complexity index is 2970. The number of fused-ring (bicyclic) bond motifs is 6. The Balaban J connectivity index is 1.24. The van der Waals surface area contributed by atoms with Crippen molar-refractivity contribution in [3.8, 4) is 51.8 Å². The Morgan fingerprint density at radius 3 is 1.66 bits per heavy atom. The van der Waals surface area contributed by atoms with Crippen LogP contribution >= 0.6 is 0 Å². The molecule has 2 heterocycles. The number of para-hydroxylation sites is 3. The summed E-state index contributed by atoms with van der Waals surface area (Å²) in [5.41, 5.74) is 11.3. The Kier molecular flexibility index (Phi) is 6.56. The van der Waals surface area contributed by atoms with Crippen molar-refractivity contribution < 1.29 is 0 Å². The lowest BCUT2D eigenvalue weighted by Crippen LogP contribution is -2.00. The van der Waals surface area contributed by atoms with Gasteiger partial charge in [0, 0.05) is 32.7 Å². The molecule has 0 aliphatic carbocycles. The van der Waals surface area contributed by atoms with Crippen LogP contribution in [0.1, 0.15) is 16.7 Å². The molecule has 0 aliphatic heterocycles. The maximum atomic E-state index is 10.8. The summed E-state index contributed by atoms with van der Waals surface area (Å²) in [5, 5.41) is 34.3. The lowest BCUT2D eigenvalue weighted by molar-refractivity contribution is 1.17. The van der Waals surface area contributed by atoms with Gasteiger partial charge in [-0.25, -0.2) is 0 Å². The quantitative estimate of drug-likeness (QED) is 0.193. The second-order valence-electron chi connectivity index (χ2n) is 12.3. The lowest BCUT2D eigenvalue weighted by atomic mass is 9.94. The van der Waals surface area contributed by atoms with Crippen molar-refractivity contribution >= 4 is 43.6 Å². The van der Waals surface area contributed by atoms with E-state index in [0.29, 0.717) is 16.7 Å². The second kappa shape index (κ2) is 11.4. The molecule has 2 aromatic heterocycles. The predicted octanol–water partition coefficient (Wildman–Crippen LogP) is 10.8. The van der Waals surface area contributed by atoms with E-state index in [0.717, 1.165) is 77.2 Å². The van der Waals surface area contributed by atoms with Gasteiger partial charge in [0.25, 0.3) is 0 Å². The highest BCUT2D eigenvalue weighted by atomic mass is 15.0. The Labute approximate surface area is 287 Å². The summed E-state index contributed by atoms with van der Waals surface area (Å²) in [6.45, 7) is 0. The standard InChI is InChI=1S/C45H25N5/c46-26-29-20-22-44-38(23-29)36-13-3-6-17-42(36)49(44)40-15-4-1-11-34(40)32-10-7-9-31(25-32)33-14-8-18-43(39(33)28-48)50-41-16-5-2-12-35(41)37-21-19-30(27-47)24-45(37)50/h1-25H. The maximum Gasteiger partial charge on any atom is 0.102 e. The van der Waals surface area contributed by atoms with E-state index < -0.39 is 0 Å². The van der Waals surface area contributed by atoms with Gasteiger partial charge in [-0.2, -0.15) is 15.8 Å². The second-order valence-corrected chi connectivity index (χ2v) is 12.3. The maximum absolute atomic E-state index is 10.8. The fourth-order valence-corrected chi connectivity index (χ4v) is 7.45. The molecule has 9 aromatic rings. The van der Waals surface area contributed by atoms with Gasteiger partial charge in [-0.1, -0.05) is 91.0 Å². The predicted molar refractivity (Wildman–Crippen MR) is 200 cm³/mol. The smallest absolute Gasteiger partial charge is 0.102 e. The molecule has 0 saturated heterocycles. The van der Waals surface area contributed by atoms with Gasteiger partial charge in [0.05, 0.1) is 62.3 Å². The molecule has 0 fully saturated rings. The number of rotatable bonds is 4. The van der Waals surface area contributed by atoms with E-state index in [-0.39, 0.29) is 0 Å². The number of hydrogen-bond donors (Lipinski definition) is 0. The van der Waals surface area contributed by atoms with E-state index in [1.807, 2.05) is 97.1 Å². The highest BCUT2D eigenvalue weighted by Crippen LogP contribution is 2.39. The Morgan fingerprint density at radius 1 is 0.360 bits per heavy atom. The topological polar surface area (TPSA) is 81.2 Å². The monoisotopic (exact) mass is 635 g/mol. The molecule has 0 spiro atoms. The van der Waals surface area contributed by atoms with Crippen LogP contribution in [-0.4, -0.2) is 9.13 Å². The molecule has 0 N–H and O–H groups in total. The zero-order chi connectivity index (χ0) is 33.8.